The minimum absolute atomic E-state index is 0.146. The van der Waals surface area contributed by atoms with E-state index in [2.05, 4.69) is 6.92 Å². The Morgan fingerprint density at radius 1 is 1.32 bits per heavy atom. The number of nitrogens with zero attached hydrogens (tertiary/aromatic N) is 1. The molecule has 1 aromatic carbocycles. The smallest absolute Gasteiger partial charge is 0.226 e. The number of hydrogen-bond acceptors (Lipinski definition) is 3. The van der Waals surface area contributed by atoms with Crippen molar-refractivity contribution in [2.75, 3.05) is 18.9 Å². The fourth-order valence-electron chi connectivity index (χ4n) is 1.88. The highest BCUT2D eigenvalue weighted by Gasteiger charge is 2.15. The first-order chi connectivity index (χ1) is 9.04. The number of nitrogen functional groups attached to an aromatic ring is 1. The van der Waals surface area contributed by atoms with Gasteiger partial charge in [0.25, 0.3) is 0 Å². The Balaban J connectivity index is 2.39. The number of amides is 1. The topological polar surface area (TPSA) is 55.6 Å². The zero-order chi connectivity index (χ0) is 14.3. The summed E-state index contributed by atoms with van der Waals surface area (Å²) in [5.41, 5.74) is 6.30. The molecule has 0 fully saturated rings. The van der Waals surface area contributed by atoms with Gasteiger partial charge in [0.2, 0.25) is 5.91 Å². The molecule has 0 unspecified atom stereocenters. The lowest BCUT2D eigenvalue weighted by Crippen LogP contribution is -2.38. The average molecular weight is 264 g/mol. The third-order valence-electron chi connectivity index (χ3n) is 2.87. The van der Waals surface area contributed by atoms with Crippen LogP contribution >= 0.6 is 0 Å². The van der Waals surface area contributed by atoms with Crippen molar-refractivity contribution in [3.8, 4) is 5.75 Å². The van der Waals surface area contributed by atoms with Crippen LogP contribution in [0.2, 0.25) is 0 Å². The van der Waals surface area contributed by atoms with Crippen LogP contribution in [0.5, 0.6) is 5.75 Å². The van der Waals surface area contributed by atoms with Crippen LogP contribution in [0.3, 0.4) is 0 Å². The molecular formula is C15H24N2O2. The number of carbonyl (C=O) groups excluding carboxylic acids is 1. The Morgan fingerprint density at radius 2 is 1.95 bits per heavy atom. The van der Waals surface area contributed by atoms with Gasteiger partial charge in [0.1, 0.15) is 5.75 Å². The molecule has 0 bridgehead atoms. The number of hydrogen-bond donors (Lipinski definition) is 1. The zero-order valence-electron chi connectivity index (χ0n) is 12.1. The maximum atomic E-state index is 12.0. The highest BCUT2D eigenvalue weighted by atomic mass is 16.5. The molecule has 0 aromatic heterocycles. The van der Waals surface area contributed by atoms with E-state index in [0.717, 1.165) is 18.7 Å². The summed E-state index contributed by atoms with van der Waals surface area (Å²) in [5, 5.41) is 0. The summed E-state index contributed by atoms with van der Waals surface area (Å²) < 4.78 is 5.54. The molecule has 4 nitrogen and oxygen atoms in total. The summed E-state index contributed by atoms with van der Waals surface area (Å²) in [6.07, 6.45) is 1.38. The Labute approximate surface area is 115 Å². The van der Waals surface area contributed by atoms with Crippen molar-refractivity contribution >= 4 is 11.6 Å². The van der Waals surface area contributed by atoms with Crippen molar-refractivity contribution in [1.82, 2.24) is 4.90 Å². The zero-order valence-corrected chi connectivity index (χ0v) is 12.1. The summed E-state index contributed by atoms with van der Waals surface area (Å²) in [4.78, 5) is 13.9. The van der Waals surface area contributed by atoms with E-state index < -0.39 is 0 Å². The fraction of sp³-hybridized carbons (Fsp3) is 0.533. The first-order valence-corrected chi connectivity index (χ1v) is 6.82. The van der Waals surface area contributed by atoms with Crippen LogP contribution in [0.15, 0.2) is 24.3 Å². The minimum Gasteiger partial charge on any atom is -0.493 e. The van der Waals surface area contributed by atoms with Gasteiger partial charge in [0, 0.05) is 18.3 Å². The van der Waals surface area contributed by atoms with Crippen LogP contribution in [0.1, 0.15) is 33.6 Å². The van der Waals surface area contributed by atoms with Crippen LogP contribution in [-0.4, -0.2) is 30.0 Å². The highest BCUT2D eigenvalue weighted by molar-refractivity contribution is 5.76. The molecule has 0 aliphatic carbocycles. The minimum atomic E-state index is 0.146. The van der Waals surface area contributed by atoms with Crippen molar-refractivity contribution in [2.45, 2.75) is 39.7 Å². The van der Waals surface area contributed by atoms with Gasteiger partial charge in [0.05, 0.1) is 13.0 Å². The molecule has 4 heteroatoms. The van der Waals surface area contributed by atoms with Gasteiger partial charge in [-0.25, -0.2) is 0 Å². The van der Waals surface area contributed by atoms with E-state index in [-0.39, 0.29) is 11.9 Å². The first-order valence-electron chi connectivity index (χ1n) is 6.82. The maximum absolute atomic E-state index is 12.0. The largest absolute Gasteiger partial charge is 0.493 e. The molecule has 0 aliphatic heterocycles. The molecule has 106 valence electrons. The monoisotopic (exact) mass is 264 g/mol. The van der Waals surface area contributed by atoms with Crippen LogP contribution in [0, 0.1) is 0 Å². The van der Waals surface area contributed by atoms with Crippen molar-refractivity contribution < 1.29 is 9.53 Å². The number of nitrogens with two attached hydrogens (primary N) is 1. The summed E-state index contributed by atoms with van der Waals surface area (Å²) >= 11 is 0. The lowest BCUT2D eigenvalue weighted by molar-refractivity contribution is -0.133. The molecule has 0 spiro atoms. The molecule has 1 amide bonds. The molecule has 1 aromatic rings. The van der Waals surface area contributed by atoms with Crippen LogP contribution in [0.25, 0.3) is 0 Å². The number of anilines is 1. The van der Waals surface area contributed by atoms with Gasteiger partial charge in [-0.1, -0.05) is 6.92 Å². The van der Waals surface area contributed by atoms with Gasteiger partial charge in [-0.2, -0.15) is 0 Å². The molecule has 1 rings (SSSR count). The molecule has 0 radical (unpaired) electrons. The Bertz CT molecular complexity index is 388. The van der Waals surface area contributed by atoms with Gasteiger partial charge in [-0.05, 0) is 44.5 Å². The van der Waals surface area contributed by atoms with Crippen molar-refractivity contribution in [1.29, 1.82) is 0 Å². The summed E-state index contributed by atoms with van der Waals surface area (Å²) in [7, 11) is 0. The molecule has 0 saturated carbocycles. The molecule has 19 heavy (non-hydrogen) atoms. The lowest BCUT2D eigenvalue weighted by atomic mass is 10.2. The quantitative estimate of drug-likeness (QED) is 0.770. The van der Waals surface area contributed by atoms with Crippen LogP contribution in [0.4, 0.5) is 5.69 Å². The van der Waals surface area contributed by atoms with Crippen molar-refractivity contribution in [3.63, 3.8) is 0 Å². The van der Waals surface area contributed by atoms with Gasteiger partial charge < -0.3 is 15.4 Å². The highest BCUT2D eigenvalue weighted by Crippen LogP contribution is 2.13. The van der Waals surface area contributed by atoms with Crippen LogP contribution < -0.4 is 10.5 Å². The molecule has 2 N–H and O–H groups in total. The predicted octanol–water partition coefficient (Wildman–Crippen LogP) is 2.68. The normalized spacial score (nSPS) is 10.5. The van der Waals surface area contributed by atoms with Gasteiger partial charge in [-0.3, -0.25) is 4.79 Å². The second kappa shape index (κ2) is 7.67. The van der Waals surface area contributed by atoms with E-state index in [4.69, 9.17) is 10.5 Å². The summed E-state index contributed by atoms with van der Waals surface area (Å²) in [6.45, 7) is 7.35. The van der Waals surface area contributed by atoms with E-state index in [1.54, 1.807) is 12.1 Å². The van der Waals surface area contributed by atoms with Gasteiger partial charge >= 0.3 is 0 Å². The van der Waals surface area contributed by atoms with Gasteiger partial charge in [0.15, 0.2) is 0 Å². The predicted molar refractivity (Wildman–Crippen MR) is 78.1 cm³/mol. The Hall–Kier alpha value is -1.71. The Morgan fingerprint density at radius 3 is 2.47 bits per heavy atom. The molecule has 0 saturated heterocycles. The van der Waals surface area contributed by atoms with Gasteiger partial charge in [-0.15, -0.1) is 0 Å². The fourth-order valence-corrected chi connectivity index (χ4v) is 1.88. The number of benzene rings is 1. The van der Waals surface area contributed by atoms with Crippen molar-refractivity contribution in [2.24, 2.45) is 0 Å². The summed E-state index contributed by atoms with van der Waals surface area (Å²) in [5.74, 6) is 0.890. The third-order valence-corrected chi connectivity index (χ3v) is 2.87. The second-order valence-electron chi connectivity index (χ2n) is 4.85. The van der Waals surface area contributed by atoms with E-state index in [1.807, 2.05) is 30.9 Å². The summed E-state index contributed by atoms with van der Waals surface area (Å²) in [6, 6.07) is 7.44. The standard InChI is InChI=1S/C15H24N2O2/c1-4-10-17(12(2)3)15(18)9-11-19-14-7-5-13(16)6-8-14/h5-8,12H,4,9-11,16H2,1-3H3. The molecular weight excluding hydrogens is 240 g/mol. The SMILES string of the molecule is CCCN(C(=O)CCOc1ccc(N)cc1)C(C)C. The van der Waals surface area contributed by atoms with Crippen LogP contribution in [-0.2, 0) is 4.79 Å². The van der Waals surface area contributed by atoms with Crippen molar-refractivity contribution in [3.05, 3.63) is 24.3 Å². The van der Waals surface area contributed by atoms with E-state index >= 15 is 0 Å². The Kier molecular flexibility index (Phi) is 6.19. The molecule has 0 atom stereocenters. The lowest BCUT2D eigenvalue weighted by Gasteiger charge is -2.26. The second-order valence-corrected chi connectivity index (χ2v) is 4.85. The molecule has 0 aliphatic rings. The van der Waals surface area contributed by atoms with E-state index in [1.165, 1.54) is 0 Å². The van der Waals surface area contributed by atoms with E-state index in [9.17, 15) is 4.79 Å². The number of carbonyl (C=O) groups is 1. The number of rotatable bonds is 7. The first kappa shape index (κ1) is 15.3. The maximum Gasteiger partial charge on any atom is 0.226 e. The third kappa shape index (κ3) is 5.20. The molecule has 0 heterocycles. The van der Waals surface area contributed by atoms with E-state index in [0.29, 0.717) is 18.7 Å². The number of ether oxygens (including phenoxy) is 1. The average Bonchev–Trinajstić information content (AvgIpc) is 2.37.